The van der Waals surface area contributed by atoms with E-state index in [0.717, 1.165) is 6.92 Å². The van der Waals surface area contributed by atoms with E-state index in [1.807, 2.05) is 0 Å². The Hall–Kier alpha value is -1.59. The van der Waals surface area contributed by atoms with Crippen molar-refractivity contribution in [1.29, 1.82) is 0 Å². The molecule has 1 aromatic heterocycles. The Kier molecular flexibility index (Phi) is 2.22. The number of hydrogen-bond donors (Lipinski definition) is 1. The fourth-order valence-electron chi connectivity index (χ4n) is 0.814. The molecule has 0 bridgehead atoms. The van der Waals surface area contributed by atoms with Gasteiger partial charge in [-0.15, -0.1) is 0 Å². The SMILES string of the molecule is Cc1nc(F)c(F)c(C(=O)O)c1F. The van der Waals surface area contributed by atoms with Gasteiger partial charge < -0.3 is 5.11 Å². The largest absolute Gasteiger partial charge is 0.477 e. The summed E-state index contributed by atoms with van der Waals surface area (Å²) in [6.07, 6.45) is 0. The topological polar surface area (TPSA) is 50.2 Å². The van der Waals surface area contributed by atoms with Crippen molar-refractivity contribution in [3.63, 3.8) is 0 Å². The summed E-state index contributed by atoms with van der Waals surface area (Å²) in [6.45, 7) is 1.05. The molecule has 0 spiro atoms. The molecule has 70 valence electrons. The molecule has 0 atom stereocenters. The Labute approximate surface area is 70.8 Å². The van der Waals surface area contributed by atoms with E-state index in [1.54, 1.807) is 0 Å². The molecule has 13 heavy (non-hydrogen) atoms. The number of rotatable bonds is 1. The predicted molar refractivity (Wildman–Crippen MR) is 35.8 cm³/mol. The second kappa shape index (κ2) is 3.04. The molecule has 0 fully saturated rings. The molecule has 0 radical (unpaired) electrons. The van der Waals surface area contributed by atoms with Crippen molar-refractivity contribution in [1.82, 2.24) is 4.98 Å². The van der Waals surface area contributed by atoms with Gasteiger partial charge in [-0.05, 0) is 6.92 Å². The van der Waals surface area contributed by atoms with Crippen LogP contribution in [-0.2, 0) is 0 Å². The number of hydrogen-bond acceptors (Lipinski definition) is 2. The van der Waals surface area contributed by atoms with Gasteiger partial charge in [0.1, 0.15) is 5.56 Å². The van der Waals surface area contributed by atoms with Crippen molar-refractivity contribution < 1.29 is 23.1 Å². The zero-order valence-corrected chi connectivity index (χ0v) is 6.44. The van der Waals surface area contributed by atoms with Gasteiger partial charge in [0.05, 0.1) is 5.69 Å². The van der Waals surface area contributed by atoms with E-state index in [2.05, 4.69) is 4.98 Å². The molecule has 0 saturated carbocycles. The third kappa shape index (κ3) is 1.47. The maximum Gasteiger partial charge on any atom is 0.341 e. The summed E-state index contributed by atoms with van der Waals surface area (Å²) in [5, 5.41) is 8.32. The van der Waals surface area contributed by atoms with Crippen LogP contribution in [0.1, 0.15) is 16.1 Å². The summed E-state index contributed by atoms with van der Waals surface area (Å²) in [7, 11) is 0. The number of pyridine rings is 1. The maximum atomic E-state index is 12.8. The second-order valence-corrected chi connectivity index (χ2v) is 2.30. The summed E-state index contributed by atoms with van der Waals surface area (Å²) in [6, 6.07) is 0. The van der Waals surface area contributed by atoms with Crippen LogP contribution in [0.2, 0.25) is 0 Å². The lowest BCUT2D eigenvalue weighted by molar-refractivity contribution is 0.0684. The first-order chi connectivity index (χ1) is 5.95. The van der Waals surface area contributed by atoms with Crippen molar-refractivity contribution in [3.05, 3.63) is 28.8 Å². The molecule has 0 aliphatic heterocycles. The monoisotopic (exact) mass is 191 g/mol. The van der Waals surface area contributed by atoms with Gasteiger partial charge in [0.2, 0.25) is 5.95 Å². The lowest BCUT2D eigenvalue weighted by Crippen LogP contribution is -2.10. The van der Waals surface area contributed by atoms with E-state index in [-0.39, 0.29) is 0 Å². The normalized spacial score (nSPS) is 10.2. The molecule has 1 N–H and O–H groups in total. The number of nitrogens with zero attached hydrogens (tertiary/aromatic N) is 1. The lowest BCUT2D eigenvalue weighted by atomic mass is 10.2. The highest BCUT2D eigenvalue weighted by Gasteiger charge is 2.23. The third-order valence-corrected chi connectivity index (χ3v) is 1.42. The van der Waals surface area contributed by atoms with E-state index < -0.39 is 34.8 Å². The van der Waals surface area contributed by atoms with Crippen LogP contribution in [0.5, 0.6) is 0 Å². The standard InChI is InChI=1S/C7H4F3NO2/c1-2-4(8)3(7(12)13)5(9)6(10)11-2/h1H3,(H,12,13). The fraction of sp³-hybridized carbons (Fsp3) is 0.143. The Morgan fingerprint density at radius 2 is 1.85 bits per heavy atom. The van der Waals surface area contributed by atoms with Crippen molar-refractivity contribution in [2.45, 2.75) is 6.92 Å². The minimum Gasteiger partial charge on any atom is -0.477 e. The summed E-state index contributed by atoms with van der Waals surface area (Å²) in [5.74, 6) is -6.61. The van der Waals surface area contributed by atoms with Crippen LogP contribution in [0.25, 0.3) is 0 Å². The van der Waals surface area contributed by atoms with Gasteiger partial charge in [0.25, 0.3) is 0 Å². The highest BCUT2D eigenvalue weighted by Crippen LogP contribution is 2.16. The van der Waals surface area contributed by atoms with Crippen molar-refractivity contribution in [2.24, 2.45) is 0 Å². The van der Waals surface area contributed by atoms with Crippen LogP contribution in [-0.4, -0.2) is 16.1 Å². The number of aromatic carboxylic acids is 1. The number of carbonyl (C=O) groups is 1. The summed E-state index contributed by atoms with van der Waals surface area (Å²) in [5.41, 5.74) is -1.80. The molecular formula is C7H4F3NO2. The van der Waals surface area contributed by atoms with Gasteiger partial charge >= 0.3 is 5.97 Å². The number of aromatic nitrogens is 1. The molecule has 3 nitrogen and oxygen atoms in total. The first kappa shape index (κ1) is 9.50. The first-order valence-electron chi connectivity index (χ1n) is 3.19. The van der Waals surface area contributed by atoms with Gasteiger partial charge in [-0.25, -0.2) is 18.6 Å². The Morgan fingerprint density at radius 3 is 2.31 bits per heavy atom. The zero-order chi connectivity index (χ0) is 10.2. The average molecular weight is 191 g/mol. The third-order valence-electron chi connectivity index (χ3n) is 1.42. The van der Waals surface area contributed by atoms with Crippen molar-refractivity contribution in [2.75, 3.05) is 0 Å². The van der Waals surface area contributed by atoms with Crippen LogP contribution in [0.3, 0.4) is 0 Å². The van der Waals surface area contributed by atoms with Gasteiger partial charge in [-0.2, -0.15) is 4.39 Å². The molecule has 0 aliphatic rings. The van der Waals surface area contributed by atoms with E-state index in [9.17, 15) is 18.0 Å². The molecule has 0 aliphatic carbocycles. The second-order valence-electron chi connectivity index (χ2n) is 2.30. The van der Waals surface area contributed by atoms with Crippen LogP contribution in [0, 0.1) is 24.5 Å². The van der Waals surface area contributed by atoms with E-state index in [1.165, 1.54) is 0 Å². The molecule has 0 aromatic carbocycles. The minimum atomic E-state index is -1.86. The molecule has 6 heteroatoms. The Morgan fingerprint density at radius 1 is 1.31 bits per heavy atom. The molecule has 0 unspecified atom stereocenters. The molecule has 0 saturated heterocycles. The predicted octanol–water partition coefficient (Wildman–Crippen LogP) is 1.51. The smallest absolute Gasteiger partial charge is 0.341 e. The van der Waals surface area contributed by atoms with Crippen LogP contribution < -0.4 is 0 Å². The number of halogens is 3. The maximum absolute atomic E-state index is 12.8. The van der Waals surface area contributed by atoms with Gasteiger partial charge in [-0.1, -0.05) is 0 Å². The number of carboxylic acid groups (broad SMARTS) is 1. The van der Waals surface area contributed by atoms with Crippen molar-refractivity contribution in [3.8, 4) is 0 Å². The Bertz CT molecular complexity index is 352. The molecule has 1 heterocycles. The minimum absolute atomic E-state index is 0.490. The van der Waals surface area contributed by atoms with E-state index >= 15 is 0 Å². The molecular weight excluding hydrogens is 187 g/mol. The van der Waals surface area contributed by atoms with Crippen LogP contribution in [0.4, 0.5) is 13.2 Å². The summed E-state index contributed by atoms with van der Waals surface area (Å²) < 4.78 is 37.9. The van der Waals surface area contributed by atoms with Crippen molar-refractivity contribution >= 4 is 5.97 Å². The van der Waals surface area contributed by atoms with Crippen LogP contribution >= 0.6 is 0 Å². The fourth-order valence-corrected chi connectivity index (χ4v) is 0.814. The summed E-state index contributed by atoms with van der Waals surface area (Å²) >= 11 is 0. The number of aryl methyl sites for hydroxylation is 1. The van der Waals surface area contributed by atoms with Gasteiger partial charge in [-0.3, -0.25) is 0 Å². The first-order valence-corrected chi connectivity index (χ1v) is 3.19. The van der Waals surface area contributed by atoms with Gasteiger partial charge in [0, 0.05) is 0 Å². The lowest BCUT2D eigenvalue weighted by Gasteiger charge is -2.02. The van der Waals surface area contributed by atoms with E-state index in [0.29, 0.717) is 0 Å². The zero-order valence-electron chi connectivity index (χ0n) is 6.44. The van der Waals surface area contributed by atoms with Crippen LogP contribution in [0.15, 0.2) is 0 Å². The number of carboxylic acids is 1. The van der Waals surface area contributed by atoms with Gasteiger partial charge in [0.15, 0.2) is 11.6 Å². The molecule has 0 amide bonds. The Balaban J connectivity index is 3.56. The average Bonchev–Trinajstić information content (AvgIpc) is 2.01. The molecule has 1 rings (SSSR count). The quantitative estimate of drug-likeness (QED) is 0.684. The highest BCUT2D eigenvalue weighted by molar-refractivity contribution is 5.88. The molecule has 1 aromatic rings. The highest BCUT2D eigenvalue weighted by atomic mass is 19.2. The van der Waals surface area contributed by atoms with E-state index in [4.69, 9.17) is 5.11 Å². The summed E-state index contributed by atoms with van der Waals surface area (Å²) in [4.78, 5) is 13.1.